The molecule has 2 N–H and O–H groups in total. The summed E-state index contributed by atoms with van der Waals surface area (Å²) in [6, 6.07) is 3.79. The van der Waals surface area contributed by atoms with Gasteiger partial charge in [-0.15, -0.1) is 0 Å². The van der Waals surface area contributed by atoms with E-state index >= 15 is 0 Å². The molecule has 0 aromatic carbocycles. The summed E-state index contributed by atoms with van der Waals surface area (Å²) in [7, 11) is 0. The molecule has 5 rings (SSSR count). The molecule has 154 valence electrons. The monoisotopic (exact) mass is 398 g/mol. The molecule has 9 heteroatoms. The highest BCUT2D eigenvalue weighted by Gasteiger charge is 2.22. The molecular weight excluding hydrogens is 372 g/mol. The first kappa shape index (κ1) is 18.4. The smallest absolute Gasteiger partial charge is 0.232 e. The fourth-order valence-electron chi connectivity index (χ4n) is 4.05. The van der Waals surface area contributed by atoms with Gasteiger partial charge in [-0.3, -0.25) is 0 Å². The predicted molar refractivity (Wildman–Crippen MR) is 110 cm³/mol. The molecule has 2 aliphatic heterocycles. The summed E-state index contributed by atoms with van der Waals surface area (Å²) in [5.41, 5.74) is 7.75. The van der Waals surface area contributed by atoms with Gasteiger partial charge in [-0.2, -0.15) is 9.97 Å². The number of hydrogen-bond donors (Lipinski definition) is 1. The van der Waals surface area contributed by atoms with Gasteiger partial charge in [0.25, 0.3) is 0 Å². The second-order valence-electron chi connectivity index (χ2n) is 7.54. The number of anilines is 2. The molecule has 9 nitrogen and oxygen atoms in total. The Kier molecular flexibility index (Phi) is 5.07. The van der Waals surface area contributed by atoms with Gasteiger partial charge in [0.1, 0.15) is 5.52 Å². The van der Waals surface area contributed by atoms with Crippen molar-refractivity contribution in [3.8, 4) is 5.88 Å². The average molecular weight is 398 g/mol. The number of aromatic nitrogens is 3. The predicted octanol–water partition coefficient (Wildman–Crippen LogP) is 2.05. The van der Waals surface area contributed by atoms with Crippen molar-refractivity contribution in [3.63, 3.8) is 0 Å². The van der Waals surface area contributed by atoms with E-state index in [9.17, 15) is 0 Å². The summed E-state index contributed by atoms with van der Waals surface area (Å²) in [6.45, 7) is 6.91. The van der Waals surface area contributed by atoms with Crippen molar-refractivity contribution in [2.24, 2.45) is 0 Å². The number of nitrogen functional groups attached to an aromatic ring is 1. The van der Waals surface area contributed by atoms with Gasteiger partial charge in [-0.1, -0.05) is 0 Å². The van der Waals surface area contributed by atoms with E-state index < -0.39 is 0 Å². The third kappa shape index (κ3) is 3.79. The number of morpholine rings is 1. The molecule has 0 unspecified atom stereocenters. The second-order valence-corrected chi connectivity index (χ2v) is 7.54. The third-order valence-corrected chi connectivity index (χ3v) is 5.53. The summed E-state index contributed by atoms with van der Waals surface area (Å²) in [4.78, 5) is 18.0. The van der Waals surface area contributed by atoms with Gasteiger partial charge in [0, 0.05) is 25.7 Å². The lowest BCUT2D eigenvalue weighted by Gasteiger charge is -2.27. The quantitative estimate of drug-likeness (QED) is 0.625. The minimum Gasteiger partial charge on any atom is -0.478 e. The Morgan fingerprint density at radius 3 is 2.69 bits per heavy atom. The molecule has 3 aromatic heterocycles. The minimum atomic E-state index is 0.226. The van der Waals surface area contributed by atoms with E-state index in [1.165, 1.54) is 25.9 Å². The topological polar surface area (TPSA) is 103 Å². The molecule has 0 amide bonds. The summed E-state index contributed by atoms with van der Waals surface area (Å²) < 4.78 is 17.4. The van der Waals surface area contributed by atoms with E-state index in [0.717, 1.165) is 31.4 Å². The van der Waals surface area contributed by atoms with Gasteiger partial charge in [0.2, 0.25) is 17.5 Å². The highest BCUT2D eigenvalue weighted by atomic mass is 16.5. The number of hydrogen-bond acceptors (Lipinski definition) is 9. The van der Waals surface area contributed by atoms with Crippen molar-refractivity contribution in [3.05, 3.63) is 12.1 Å². The maximum atomic E-state index is 6.06. The van der Waals surface area contributed by atoms with E-state index in [1.54, 1.807) is 0 Å². The van der Waals surface area contributed by atoms with Gasteiger partial charge >= 0.3 is 0 Å². The zero-order chi connectivity index (χ0) is 19.6. The van der Waals surface area contributed by atoms with Crippen molar-refractivity contribution in [2.75, 3.05) is 63.2 Å². The van der Waals surface area contributed by atoms with Crippen LogP contribution in [0.1, 0.15) is 19.3 Å². The van der Waals surface area contributed by atoms with Crippen LogP contribution in [0, 0.1) is 0 Å². The number of furan rings is 1. The molecule has 0 saturated carbocycles. The van der Waals surface area contributed by atoms with Crippen molar-refractivity contribution in [1.82, 2.24) is 19.9 Å². The Morgan fingerprint density at radius 2 is 1.86 bits per heavy atom. The highest BCUT2D eigenvalue weighted by Crippen LogP contribution is 2.33. The lowest BCUT2D eigenvalue weighted by atomic mass is 10.3. The van der Waals surface area contributed by atoms with Crippen molar-refractivity contribution in [1.29, 1.82) is 0 Å². The van der Waals surface area contributed by atoms with Crippen LogP contribution >= 0.6 is 0 Å². The number of nitrogens with zero attached hydrogens (tertiary/aromatic N) is 5. The van der Waals surface area contributed by atoms with E-state index in [1.807, 2.05) is 12.1 Å². The van der Waals surface area contributed by atoms with E-state index in [0.29, 0.717) is 48.3 Å². The van der Waals surface area contributed by atoms with Crippen LogP contribution in [0.3, 0.4) is 0 Å². The molecule has 0 bridgehead atoms. The zero-order valence-electron chi connectivity index (χ0n) is 16.5. The van der Waals surface area contributed by atoms with Gasteiger partial charge in [-0.25, -0.2) is 4.98 Å². The molecule has 0 radical (unpaired) electrons. The van der Waals surface area contributed by atoms with Crippen molar-refractivity contribution in [2.45, 2.75) is 19.3 Å². The molecule has 0 aliphatic carbocycles. The molecule has 5 heterocycles. The first-order valence-corrected chi connectivity index (χ1v) is 10.3. The average Bonchev–Trinajstić information content (AvgIpc) is 3.39. The molecule has 29 heavy (non-hydrogen) atoms. The molecule has 2 saturated heterocycles. The van der Waals surface area contributed by atoms with Gasteiger partial charge in [0.15, 0.2) is 11.4 Å². The molecule has 0 atom stereocenters. The number of pyridine rings is 1. The van der Waals surface area contributed by atoms with Crippen LogP contribution in [-0.4, -0.2) is 72.4 Å². The van der Waals surface area contributed by atoms with E-state index in [4.69, 9.17) is 19.6 Å². The zero-order valence-corrected chi connectivity index (χ0v) is 16.5. The van der Waals surface area contributed by atoms with Crippen molar-refractivity contribution >= 4 is 34.0 Å². The highest BCUT2D eigenvalue weighted by molar-refractivity contribution is 6.05. The Labute approximate surface area is 168 Å². The minimum absolute atomic E-state index is 0.226. The Bertz CT molecular complexity index is 995. The van der Waals surface area contributed by atoms with Crippen LogP contribution in [-0.2, 0) is 4.74 Å². The number of nitrogens with two attached hydrogens (primary N) is 1. The lowest BCUT2D eigenvalue weighted by Crippen LogP contribution is -2.37. The third-order valence-electron chi connectivity index (χ3n) is 5.53. The maximum Gasteiger partial charge on any atom is 0.232 e. The van der Waals surface area contributed by atoms with Crippen LogP contribution in [0.4, 0.5) is 11.8 Å². The summed E-state index contributed by atoms with van der Waals surface area (Å²) in [5, 5.41) is 0.813. The first-order valence-electron chi connectivity index (χ1n) is 10.3. The number of likely N-dealkylation sites (tertiary alicyclic amines) is 1. The first-order chi connectivity index (χ1) is 14.3. The number of ether oxygens (including phenoxy) is 2. The molecule has 0 spiro atoms. The van der Waals surface area contributed by atoms with Crippen LogP contribution in [0.25, 0.3) is 22.2 Å². The van der Waals surface area contributed by atoms with Crippen LogP contribution in [0.2, 0.25) is 0 Å². The lowest BCUT2D eigenvalue weighted by molar-refractivity contribution is 0.122. The molecular formula is C20H26N6O3. The summed E-state index contributed by atoms with van der Waals surface area (Å²) in [5.74, 6) is 1.48. The number of fused-ring (bicyclic) bond motifs is 3. The van der Waals surface area contributed by atoms with E-state index in [-0.39, 0.29) is 5.95 Å². The SMILES string of the molecule is Nc1nc(N2CCOCC2)c2oc3nc(OCCCN4CCCC4)ccc3c2n1. The normalized spacial score (nSPS) is 18.1. The largest absolute Gasteiger partial charge is 0.478 e. The van der Waals surface area contributed by atoms with Gasteiger partial charge in [0.05, 0.1) is 25.2 Å². The van der Waals surface area contributed by atoms with Gasteiger partial charge < -0.3 is 29.4 Å². The van der Waals surface area contributed by atoms with Crippen LogP contribution in [0.15, 0.2) is 16.5 Å². The molecule has 2 aliphatic rings. The second kappa shape index (κ2) is 8.00. The molecule has 3 aromatic rings. The van der Waals surface area contributed by atoms with Crippen molar-refractivity contribution < 1.29 is 13.9 Å². The Morgan fingerprint density at radius 1 is 1.03 bits per heavy atom. The van der Waals surface area contributed by atoms with Gasteiger partial charge in [-0.05, 0) is 38.4 Å². The summed E-state index contributed by atoms with van der Waals surface area (Å²) >= 11 is 0. The maximum absolute atomic E-state index is 6.06. The molecule has 2 fully saturated rings. The standard InChI is InChI=1S/C20H26N6O3/c21-20-23-16-14-4-5-15(28-11-3-8-25-6-1-2-7-25)22-19(14)29-17(16)18(24-20)26-9-12-27-13-10-26/h4-5H,1-3,6-13H2,(H2,21,23,24). The Hall–Kier alpha value is -2.65. The summed E-state index contributed by atoms with van der Waals surface area (Å²) in [6.07, 6.45) is 3.61. The fourth-order valence-corrected chi connectivity index (χ4v) is 4.05. The van der Waals surface area contributed by atoms with E-state index in [2.05, 4.69) is 24.8 Å². The number of rotatable bonds is 6. The Balaban J connectivity index is 1.37. The van der Waals surface area contributed by atoms with Crippen LogP contribution < -0.4 is 15.4 Å². The fraction of sp³-hybridized carbons (Fsp3) is 0.550. The van der Waals surface area contributed by atoms with Crippen LogP contribution in [0.5, 0.6) is 5.88 Å².